The third kappa shape index (κ3) is 15.1. The first-order valence-corrected chi connectivity index (χ1v) is 18.7. The summed E-state index contributed by atoms with van der Waals surface area (Å²) >= 11 is 0. The van der Waals surface area contributed by atoms with Gasteiger partial charge in [0.1, 0.15) is 0 Å². The molecule has 12 heteroatoms. The van der Waals surface area contributed by atoms with Crippen molar-refractivity contribution in [1.82, 2.24) is 31.2 Å². The number of nitrogens with one attached hydrogen (secondary N) is 6. The number of carbonyl (C=O) groups is 4. The fourth-order valence-electron chi connectivity index (χ4n) is 5.81. The molecule has 0 fully saturated rings. The number of rotatable bonds is 25. The van der Waals surface area contributed by atoms with Crippen molar-refractivity contribution in [3.63, 3.8) is 0 Å². The van der Waals surface area contributed by atoms with Crippen LogP contribution < -0.4 is 31.9 Å². The summed E-state index contributed by atoms with van der Waals surface area (Å²) in [5.74, 6) is -0.627. The first kappa shape index (κ1) is 39.8. The van der Waals surface area contributed by atoms with Crippen molar-refractivity contribution in [1.29, 1.82) is 0 Å². The first-order chi connectivity index (χ1) is 25.5. The van der Waals surface area contributed by atoms with E-state index in [0.717, 1.165) is 73.7 Å². The van der Waals surface area contributed by atoms with Crippen molar-refractivity contribution in [2.75, 3.05) is 49.9 Å². The van der Waals surface area contributed by atoms with Gasteiger partial charge >= 0.3 is 0 Å². The summed E-state index contributed by atoms with van der Waals surface area (Å²) < 4.78 is 0. The Morgan fingerprint density at radius 3 is 1.27 bits per heavy atom. The molecule has 4 aromatic rings. The molecule has 2 aromatic carbocycles. The molecule has 0 bridgehead atoms. The zero-order valence-corrected chi connectivity index (χ0v) is 30.2. The molecular formula is C40H54N8O4. The van der Waals surface area contributed by atoms with Gasteiger partial charge in [-0.3, -0.25) is 29.1 Å². The van der Waals surface area contributed by atoms with Crippen LogP contribution in [-0.2, 0) is 19.2 Å². The van der Waals surface area contributed by atoms with E-state index < -0.39 is 0 Å². The quantitative estimate of drug-likeness (QED) is 0.0494. The molecule has 0 spiro atoms. The second-order valence-electron chi connectivity index (χ2n) is 12.9. The minimum Gasteiger partial charge on any atom is -0.356 e. The van der Waals surface area contributed by atoms with Gasteiger partial charge in [-0.25, -0.2) is 0 Å². The molecule has 2 aromatic heterocycles. The van der Waals surface area contributed by atoms with Gasteiger partial charge in [0.15, 0.2) is 0 Å². The maximum absolute atomic E-state index is 12.3. The van der Waals surface area contributed by atoms with Gasteiger partial charge in [-0.1, -0.05) is 62.1 Å². The standard InChI is InChI=1S/C40H54N8O4/c49-35(19-21-37(51)47-33-17-7-13-31-15-9-27-45-39(31)33)43-29-11-25-41-23-5-3-1-2-4-6-24-42-26-12-30-44-36(50)20-22-38(52)48-34-18-8-14-32-16-10-28-46-40(32)34/h7-10,13-18,27-28,41-42H,1-6,11-12,19-26,29-30H2,(H,43,49)(H,44,50)(H,47,51)(H,48,52). The van der Waals surface area contributed by atoms with Crippen LogP contribution in [0.5, 0.6) is 0 Å². The lowest BCUT2D eigenvalue weighted by molar-refractivity contribution is -0.124. The van der Waals surface area contributed by atoms with Crippen LogP contribution in [0.1, 0.15) is 77.0 Å². The Morgan fingerprint density at radius 1 is 0.423 bits per heavy atom. The molecule has 278 valence electrons. The van der Waals surface area contributed by atoms with Gasteiger partial charge in [0.25, 0.3) is 0 Å². The number of fused-ring (bicyclic) bond motifs is 2. The summed E-state index contributed by atoms with van der Waals surface area (Å²) in [6.07, 6.45) is 12.8. The number of aromatic nitrogens is 2. The minimum atomic E-state index is -0.199. The molecule has 6 N–H and O–H groups in total. The Morgan fingerprint density at radius 2 is 0.808 bits per heavy atom. The molecule has 0 aliphatic heterocycles. The van der Waals surface area contributed by atoms with Crippen molar-refractivity contribution >= 4 is 56.8 Å². The summed E-state index contributed by atoms with van der Waals surface area (Å²) in [6, 6.07) is 18.9. The molecule has 0 radical (unpaired) electrons. The lowest BCUT2D eigenvalue weighted by Crippen LogP contribution is -2.28. The van der Waals surface area contributed by atoms with Crippen LogP contribution in [0, 0.1) is 0 Å². The monoisotopic (exact) mass is 710 g/mol. The number of unbranched alkanes of at least 4 members (excludes halogenated alkanes) is 5. The van der Waals surface area contributed by atoms with Gasteiger partial charge in [-0.05, 0) is 76.1 Å². The van der Waals surface area contributed by atoms with Crippen LogP contribution in [0.4, 0.5) is 11.4 Å². The summed E-state index contributed by atoms with van der Waals surface area (Å²) in [7, 11) is 0. The third-order valence-electron chi connectivity index (χ3n) is 8.63. The molecule has 4 amide bonds. The number of amides is 4. The van der Waals surface area contributed by atoms with E-state index in [9.17, 15) is 19.2 Å². The molecule has 0 aliphatic carbocycles. The average molecular weight is 711 g/mol. The number of pyridine rings is 2. The number of benzene rings is 2. The molecule has 0 saturated heterocycles. The predicted molar refractivity (Wildman–Crippen MR) is 208 cm³/mol. The number of hydrogen-bond donors (Lipinski definition) is 6. The van der Waals surface area contributed by atoms with Crippen molar-refractivity contribution in [3.05, 3.63) is 73.1 Å². The lowest BCUT2D eigenvalue weighted by Gasteiger charge is -2.09. The molecular weight excluding hydrogens is 656 g/mol. The highest BCUT2D eigenvalue weighted by Gasteiger charge is 2.11. The second-order valence-corrected chi connectivity index (χ2v) is 12.9. The van der Waals surface area contributed by atoms with Gasteiger partial charge in [-0.2, -0.15) is 0 Å². The van der Waals surface area contributed by atoms with E-state index in [1.807, 2.05) is 60.7 Å². The fourth-order valence-corrected chi connectivity index (χ4v) is 5.81. The van der Waals surface area contributed by atoms with E-state index in [1.165, 1.54) is 25.7 Å². The highest BCUT2D eigenvalue weighted by molar-refractivity contribution is 6.02. The molecule has 0 atom stereocenters. The van der Waals surface area contributed by atoms with E-state index in [1.54, 1.807) is 12.4 Å². The topological polar surface area (TPSA) is 166 Å². The molecule has 2 heterocycles. The highest BCUT2D eigenvalue weighted by Crippen LogP contribution is 2.22. The van der Waals surface area contributed by atoms with Gasteiger partial charge in [0.05, 0.1) is 22.4 Å². The molecule has 0 unspecified atom stereocenters. The lowest BCUT2D eigenvalue weighted by atomic mass is 10.1. The number of anilines is 2. The van der Waals surface area contributed by atoms with Crippen LogP contribution in [0.25, 0.3) is 21.8 Å². The number of nitrogens with zero attached hydrogens (tertiary/aromatic N) is 2. The normalized spacial score (nSPS) is 11.0. The Balaban J connectivity index is 0.861. The molecule has 0 saturated carbocycles. The molecule has 52 heavy (non-hydrogen) atoms. The fraction of sp³-hybridized carbons (Fsp3) is 0.450. The Hall–Kier alpha value is -4.94. The van der Waals surface area contributed by atoms with Crippen LogP contribution in [0.15, 0.2) is 73.1 Å². The van der Waals surface area contributed by atoms with E-state index in [-0.39, 0.29) is 49.3 Å². The largest absolute Gasteiger partial charge is 0.356 e. The second kappa shape index (κ2) is 23.5. The Kier molecular flexibility index (Phi) is 18.0. The Labute approximate surface area is 306 Å². The predicted octanol–water partition coefficient (Wildman–Crippen LogP) is 5.45. The first-order valence-electron chi connectivity index (χ1n) is 18.7. The number of hydrogen-bond acceptors (Lipinski definition) is 8. The van der Waals surface area contributed by atoms with Gasteiger partial charge < -0.3 is 31.9 Å². The summed E-state index contributed by atoms with van der Waals surface area (Å²) in [5, 5.41) is 20.3. The summed E-state index contributed by atoms with van der Waals surface area (Å²) in [4.78, 5) is 57.7. The summed E-state index contributed by atoms with van der Waals surface area (Å²) in [6.45, 7) is 4.85. The average Bonchev–Trinajstić information content (AvgIpc) is 3.16. The van der Waals surface area contributed by atoms with Crippen LogP contribution in [-0.4, -0.2) is 72.9 Å². The van der Waals surface area contributed by atoms with Gasteiger partial charge in [0.2, 0.25) is 23.6 Å². The van der Waals surface area contributed by atoms with E-state index in [4.69, 9.17) is 0 Å². The van der Waals surface area contributed by atoms with Crippen molar-refractivity contribution in [3.8, 4) is 0 Å². The summed E-state index contributed by atoms with van der Waals surface area (Å²) in [5.41, 5.74) is 2.79. The zero-order chi connectivity index (χ0) is 36.6. The third-order valence-corrected chi connectivity index (χ3v) is 8.63. The van der Waals surface area contributed by atoms with Gasteiger partial charge in [-0.15, -0.1) is 0 Å². The molecule has 12 nitrogen and oxygen atoms in total. The zero-order valence-electron chi connectivity index (χ0n) is 30.2. The maximum Gasteiger partial charge on any atom is 0.224 e. The van der Waals surface area contributed by atoms with E-state index >= 15 is 0 Å². The minimum absolute atomic E-state index is 0.114. The van der Waals surface area contributed by atoms with Gasteiger partial charge in [0, 0.05) is 61.9 Å². The van der Waals surface area contributed by atoms with Crippen LogP contribution in [0.3, 0.4) is 0 Å². The highest BCUT2D eigenvalue weighted by atomic mass is 16.2. The Bertz CT molecular complexity index is 1580. The van der Waals surface area contributed by atoms with E-state index in [2.05, 4.69) is 41.9 Å². The smallest absolute Gasteiger partial charge is 0.224 e. The molecule has 0 aliphatic rings. The van der Waals surface area contributed by atoms with Crippen LogP contribution in [0.2, 0.25) is 0 Å². The van der Waals surface area contributed by atoms with Crippen molar-refractivity contribution < 1.29 is 19.2 Å². The van der Waals surface area contributed by atoms with E-state index in [0.29, 0.717) is 24.5 Å². The van der Waals surface area contributed by atoms with Crippen molar-refractivity contribution in [2.45, 2.75) is 77.0 Å². The van der Waals surface area contributed by atoms with Crippen LogP contribution >= 0.6 is 0 Å². The van der Waals surface area contributed by atoms with Crippen molar-refractivity contribution in [2.24, 2.45) is 0 Å². The molecule has 4 rings (SSSR count). The number of carbonyl (C=O) groups excluding carboxylic acids is 4. The number of para-hydroxylation sites is 2. The SMILES string of the molecule is O=C(CCC(=O)Nc1cccc2cccnc12)NCCCNCCCCCCCCNCCCNC(=O)CCC(=O)Nc1cccc2cccnc12. The maximum atomic E-state index is 12.3.